The van der Waals surface area contributed by atoms with Crippen LogP contribution < -0.4 is 5.30 Å². The Hall–Kier alpha value is 1.34. The van der Waals surface area contributed by atoms with Crippen LogP contribution in [0.3, 0.4) is 0 Å². The Balaban J connectivity index is 0.000000385. The summed E-state index contributed by atoms with van der Waals surface area (Å²) in [6.07, 6.45) is 1.30. The lowest BCUT2D eigenvalue weighted by Gasteiger charge is -2.14. The third-order valence-electron chi connectivity index (χ3n) is 2.25. The number of benzene rings is 1. The van der Waals surface area contributed by atoms with Crippen molar-refractivity contribution in [1.29, 1.82) is 0 Å². The predicted molar refractivity (Wildman–Crippen MR) is 84.6 cm³/mol. The number of hydrogen-bond donors (Lipinski definition) is 0. The van der Waals surface area contributed by atoms with E-state index in [-0.39, 0.29) is 0 Å². The van der Waals surface area contributed by atoms with Gasteiger partial charge < -0.3 is 40.2 Å². The van der Waals surface area contributed by atoms with Gasteiger partial charge in [-0.15, -0.1) is 0 Å². The molecule has 1 aromatic rings. The summed E-state index contributed by atoms with van der Waals surface area (Å²) in [6.45, 7) is 7.06. The standard InChI is InChI=1S/C10H16P.Al.4ClH/c1-4-11(2,3)10-8-6-5-7-9-10;;;;;/h5-9H,4H2,1-3H3;;4*1H/q+1;+3;;;;/p-4. The van der Waals surface area contributed by atoms with Crippen LogP contribution in [-0.4, -0.2) is 28.9 Å². The van der Waals surface area contributed by atoms with Crippen molar-refractivity contribution in [2.45, 2.75) is 6.92 Å². The molecule has 0 aromatic heterocycles. The predicted octanol–water partition coefficient (Wildman–Crippen LogP) is 4.99. The maximum Gasteiger partial charge on any atom is 0.564 e. The van der Waals surface area contributed by atoms with Crippen molar-refractivity contribution < 1.29 is 0 Å². The van der Waals surface area contributed by atoms with E-state index in [2.05, 4.69) is 50.6 Å². The Morgan fingerprint density at radius 2 is 1.38 bits per heavy atom. The molecule has 0 aliphatic carbocycles. The molecule has 0 nitrogen and oxygen atoms in total. The van der Waals surface area contributed by atoms with Crippen molar-refractivity contribution in [1.82, 2.24) is 0 Å². The lowest BCUT2D eigenvalue weighted by Crippen LogP contribution is -2.09. The first-order chi connectivity index (χ1) is 7.17. The van der Waals surface area contributed by atoms with E-state index in [9.17, 15) is 0 Å². The lowest BCUT2D eigenvalue weighted by atomic mass is 10.4. The van der Waals surface area contributed by atoms with Crippen molar-refractivity contribution in [2.24, 2.45) is 0 Å². The number of halogens is 4. The molecule has 0 saturated carbocycles. The second-order valence-electron chi connectivity index (χ2n) is 3.83. The molecule has 0 N–H and O–H groups in total. The van der Waals surface area contributed by atoms with Crippen LogP contribution in [0.15, 0.2) is 30.3 Å². The molecule has 0 atom stereocenters. The third kappa shape index (κ3) is 9.38. The Morgan fingerprint density at radius 1 is 1.00 bits per heavy atom. The fourth-order valence-corrected chi connectivity index (χ4v) is 2.36. The molecule has 0 radical (unpaired) electrons. The van der Waals surface area contributed by atoms with Gasteiger partial charge >= 0.3 is 9.39 Å². The van der Waals surface area contributed by atoms with Crippen LogP contribution in [0.2, 0.25) is 0 Å². The van der Waals surface area contributed by atoms with Crippen LogP contribution >= 0.6 is 47.5 Å². The van der Waals surface area contributed by atoms with Crippen molar-refractivity contribution in [3.05, 3.63) is 30.3 Å². The van der Waals surface area contributed by atoms with Crippen molar-refractivity contribution in [3.63, 3.8) is 0 Å². The fourth-order valence-electron chi connectivity index (χ4n) is 1.01. The van der Waals surface area contributed by atoms with E-state index in [1.54, 1.807) is 5.30 Å². The molecule has 0 aliphatic rings. The van der Waals surface area contributed by atoms with Gasteiger partial charge in [-0.05, 0) is 19.1 Å². The molecule has 1 aromatic carbocycles. The summed E-state index contributed by atoms with van der Waals surface area (Å²) in [4.78, 5) is 0. The van der Waals surface area contributed by atoms with Gasteiger partial charge in [0.15, 0.2) is 0 Å². The molecule has 0 saturated heterocycles. The minimum absolute atomic E-state index is 0.776. The second-order valence-corrected chi connectivity index (χ2v) is 21.2. The van der Waals surface area contributed by atoms with Gasteiger partial charge in [-0.2, -0.15) is 0 Å². The lowest BCUT2D eigenvalue weighted by molar-refractivity contribution is 1.47. The molecule has 1 rings (SSSR count). The molecule has 0 amide bonds. The summed E-state index contributed by atoms with van der Waals surface area (Å²) < 4.78 is 0. The van der Waals surface area contributed by atoms with Gasteiger partial charge in [0.05, 0.1) is 24.8 Å². The van der Waals surface area contributed by atoms with E-state index in [1.807, 2.05) is 0 Å². The summed E-state index contributed by atoms with van der Waals surface area (Å²) in [6, 6.07) is 10.8. The second kappa shape index (κ2) is 7.71. The molecule has 0 spiro atoms. The van der Waals surface area contributed by atoms with Crippen LogP contribution in [0, 0.1) is 0 Å². The zero-order valence-electron chi connectivity index (χ0n) is 9.63. The maximum absolute atomic E-state index is 4.99. The van der Waals surface area contributed by atoms with Gasteiger partial charge in [-0.25, -0.2) is 0 Å². The average molecular weight is 336 g/mol. The summed E-state index contributed by atoms with van der Waals surface area (Å²) in [5.41, 5.74) is 0. The third-order valence-corrected chi connectivity index (χ3v) is 5.52. The molecule has 92 valence electrons. The highest BCUT2D eigenvalue weighted by atomic mass is 35.9. The highest BCUT2D eigenvalue weighted by molar-refractivity contribution is 7.81. The summed E-state index contributed by atoms with van der Waals surface area (Å²) in [7, 11) is 16.3. The SMILES string of the molecule is CC[P+](C)(C)c1ccccc1.[Cl][Al-]([Cl])([Cl])[Cl]. The van der Waals surface area contributed by atoms with Crippen LogP contribution in [-0.2, 0) is 0 Å². The van der Waals surface area contributed by atoms with Crippen LogP contribution in [0.5, 0.6) is 0 Å². The first kappa shape index (κ1) is 17.3. The van der Waals surface area contributed by atoms with Gasteiger partial charge in [0.1, 0.15) is 0 Å². The average Bonchev–Trinajstić information content (AvgIpc) is 2.17. The van der Waals surface area contributed by atoms with Gasteiger partial charge in [-0.3, -0.25) is 0 Å². The Morgan fingerprint density at radius 3 is 1.69 bits per heavy atom. The van der Waals surface area contributed by atoms with Crippen molar-refractivity contribution >= 4 is 62.2 Å². The smallest absolute Gasteiger partial charge is 0.391 e. The van der Waals surface area contributed by atoms with Crippen LogP contribution in [0.25, 0.3) is 0 Å². The molecular weight excluding hydrogens is 320 g/mol. The first-order valence-corrected chi connectivity index (χ1v) is 14.8. The molecule has 0 aliphatic heterocycles. The molecule has 0 fully saturated rings. The van der Waals surface area contributed by atoms with Crippen LogP contribution in [0.4, 0.5) is 0 Å². The van der Waals surface area contributed by atoms with E-state index in [1.165, 1.54) is 6.16 Å². The van der Waals surface area contributed by atoms with Gasteiger partial charge in [0, 0.05) is 7.26 Å². The van der Waals surface area contributed by atoms with Crippen LogP contribution in [0.1, 0.15) is 6.92 Å². The molecule has 6 heteroatoms. The highest BCUT2D eigenvalue weighted by Crippen LogP contribution is 2.48. The number of hydrogen-bond acceptors (Lipinski definition) is 0. The summed E-state index contributed by atoms with van der Waals surface area (Å²) in [5, 5.41) is 1.54. The zero-order valence-corrected chi connectivity index (χ0v) is 14.7. The van der Waals surface area contributed by atoms with E-state index in [0.29, 0.717) is 0 Å². The van der Waals surface area contributed by atoms with Crippen molar-refractivity contribution in [2.75, 3.05) is 19.5 Å². The van der Waals surface area contributed by atoms with E-state index >= 15 is 0 Å². The largest absolute Gasteiger partial charge is 0.564 e. The quantitative estimate of drug-likeness (QED) is 0.528. The summed E-state index contributed by atoms with van der Waals surface area (Å²) >= 11 is 0. The van der Waals surface area contributed by atoms with Gasteiger partial charge in [0.25, 0.3) is 0 Å². The topological polar surface area (TPSA) is 0 Å². The van der Waals surface area contributed by atoms with E-state index in [4.69, 9.17) is 40.2 Å². The minimum atomic E-state index is -2.94. The Labute approximate surface area is 118 Å². The Kier molecular flexibility index (Phi) is 8.35. The monoisotopic (exact) mass is 334 g/mol. The van der Waals surface area contributed by atoms with E-state index in [0.717, 1.165) is 0 Å². The first-order valence-electron chi connectivity index (χ1n) is 4.92. The van der Waals surface area contributed by atoms with Gasteiger partial charge in [-0.1, -0.05) is 18.2 Å². The zero-order chi connectivity index (χ0) is 12.8. The molecule has 0 unspecified atom stereocenters. The summed E-state index contributed by atoms with van der Waals surface area (Å²) in [5.74, 6) is 0. The Bertz CT molecular complexity index is 291. The molecule has 0 bridgehead atoms. The highest BCUT2D eigenvalue weighted by Gasteiger charge is 2.24. The fraction of sp³-hybridized carbons (Fsp3) is 0.400. The minimum Gasteiger partial charge on any atom is -0.391 e. The van der Waals surface area contributed by atoms with E-state index < -0.39 is 16.7 Å². The molecule has 0 heterocycles. The molecular formula is C10H16AlCl4P. The maximum atomic E-state index is 4.99. The molecule has 16 heavy (non-hydrogen) atoms. The van der Waals surface area contributed by atoms with Crippen molar-refractivity contribution in [3.8, 4) is 0 Å². The van der Waals surface area contributed by atoms with Gasteiger partial charge in [0.2, 0.25) is 0 Å². The number of rotatable bonds is 2. The normalized spacial score (nSPS) is 11.7.